The zero-order chi connectivity index (χ0) is 22.2. The molecule has 2 heterocycles. The number of benzene rings is 3. The number of ketones is 1. The number of hydrogen-bond acceptors (Lipinski definition) is 4. The van der Waals surface area contributed by atoms with Crippen molar-refractivity contribution in [2.75, 3.05) is 6.79 Å². The van der Waals surface area contributed by atoms with Gasteiger partial charge in [-0.1, -0.05) is 54.1 Å². The monoisotopic (exact) mass is 443 g/mol. The molecular weight excluding hydrogens is 426 g/mol. The van der Waals surface area contributed by atoms with Crippen molar-refractivity contribution in [1.29, 1.82) is 0 Å². The van der Waals surface area contributed by atoms with Crippen LogP contribution in [0.1, 0.15) is 15.9 Å². The van der Waals surface area contributed by atoms with E-state index < -0.39 is 0 Å². The summed E-state index contributed by atoms with van der Waals surface area (Å²) in [6.07, 6.45) is 3.08. The Bertz CT molecular complexity index is 1450. The largest absolute Gasteiger partial charge is 0.454 e. The minimum atomic E-state index is -0.385. The number of pyridine rings is 1. The molecule has 5 nitrogen and oxygen atoms in total. The fourth-order valence-electron chi connectivity index (χ4n) is 3.92. The molecule has 1 aromatic heterocycles. The van der Waals surface area contributed by atoms with Gasteiger partial charge in [0.05, 0.1) is 11.1 Å². The number of fused-ring (bicyclic) bond motifs is 2. The highest BCUT2D eigenvalue weighted by Crippen LogP contribution is 2.34. The van der Waals surface area contributed by atoms with Gasteiger partial charge in [-0.05, 0) is 47.5 Å². The van der Waals surface area contributed by atoms with Crippen LogP contribution in [0.15, 0.2) is 77.6 Å². The second-order valence-electron chi connectivity index (χ2n) is 7.45. The van der Waals surface area contributed by atoms with Gasteiger partial charge in [0.2, 0.25) is 6.79 Å². The van der Waals surface area contributed by atoms with Gasteiger partial charge in [0, 0.05) is 23.0 Å². The van der Waals surface area contributed by atoms with Crippen LogP contribution in [0.4, 0.5) is 0 Å². The number of hydrogen-bond donors (Lipinski definition) is 0. The Balaban J connectivity index is 1.68. The number of allylic oxidation sites excluding steroid dienone is 1. The van der Waals surface area contributed by atoms with Gasteiger partial charge < -0.3 is 14.0 Å². The predicted molar refractivity (Wildman–Crippen MR) is 126 cm³/mol. The molecule has 6 heteroatoms. The molecule has 0 atom stereocenters. The Labute approximate surface area is 189 Å². The molecule has 1 aliphatic rings. The Morgan fingerprint density at radius 3 is 2.59 bits per heavy atom. The molecule has 0 saturated carbocycles. The van der Waals surface area contributed by atoms with Crippen molar-refractivity contribution < 1.29 is 14.3 Å². The van der Waals surface area contributed by atoms with Gasteiger partial charge in [-0.15, -0.1) is 0 Å². The normalized spacial score (nSPS) is 12.6. The van der Waals surface area contributed by atoms with E-state index in [1.807, 2.05) is 36.4 Å². The first kappa shape index (κ1) is 20.1. The van der Waals surface area contributed by atoms with E-state index in [4.69, 9.17) is 21.1 Å². The summed E-state index contributed by atoms with van der Waals surface area (Å²) >= 11 is 6.28. The zero-order valence-corrected chi connectivity index (χ0v) is 17.9. The highest BCUT2D eigenvalue weighted by Gasteiger charge is 2.21. The molecule has 5 rings (SSSR count). The summed E-state index contributed by atoms with van der Waals surface area (Å²) in [7, 11) is 1.66. The molecule has 0 fully saturated rings. The van der Waals surface area contributed by atoms with Crippen LogP contribution < -0.4 is 15.0 Å². The number of carbonyl (C=O) groups is 1. The van der Waals surface area contributed by atoms with Crippen molar-refractivity contribution in [3.05, 3.63) is 99.3 Å². The van der Waals surface area contributed by atoms with Crippen LogP contribution >= 0.6 is 11.6 Å². The van der Waals surface area contributed by atoms with Crippen LogP contribution in [0.25, 0.3) is 28.1 Å². The van der Waals surface area contributed by atoms with Crippen LogP contribution in [-0.2, 0) is 7.05 Å². The Kier molecular flexibility index (Phi) is 5.04. The van der Waals surface area contributed by atoms with Crippen LogP contribution in [0.3, 0.4) is 0 Å². The fraction of sp³-hybridized carbons (Fsp3) is 0.0769. The van der Waals surface area contributed by atoms with E-state index in [9.17, 15) is 9.59 Å². The van der Waals surface area contributed by atoms with E-state index in [0.29, 0.717) is 27.6 Å². The van der Waals surface area contributed by atoms with Gasteiger partial charge >= 0.3 is 0 Å². The van der Waals surface area contributed by atoms with E-state index in [0.717, 1.165) is 16.5 Å². The van der Waals surface area contributed by atoms with E-state index in [1.54, 1.807) is 43.5 Å². The number of nitrogens with zero attached hydrogens (tertiary/aromatic N) is 1. The van der Waals surface area contributed by atoms with Crippen molar-refractivity contribution in [3.63, 3.8) is 0 Å². The van der Waals surface area contributed by atoms with Crippen LogP contribution in [-0.4, -0.2) is 17.1 Å². The summed E-state index contributed by atoms with van der Waals surface area (Å²) in [5.74, 6) is 0.907. The van der Waals surface area contributed by atoms with Crippen molar-refractivity contribution >= 4 is 34.4 Å². The molecule has 3 aromatic carbocycles. The molecule has 0 aliphatic carbocycles. The first-order valence-corrected chi connectivity index (χ1v) is 10.4. The van der Waals surface area contributed by atoms with Crippen molar-refractivity contribution in [2.45, 2.75) is 0 Å². The van der Waals surface area contributed by atoms with E-state index in [2.05, 4.69) is 0 Å². The first-order chi connectivity index (χ1) is 15.5. The Hall–Kier alpha value is -3.83. The third-order valence-corrected chi connectivity index (χ3v) is 5.73. The third-order valence-electron chi connectivity index (χ3n) is 5.49. The molecule has 0 N–H and O–H groups in total. The lowest BCUT2D eigenvalue weighted by Gasteiger charge is -2.15. The number of rotatable bonds is 4. The third kappa shape index (κ3) is 3.47. The molecule has 32 heavy (non-hydrogen) atoms. The average molecular weight is 444 g/mol. The summed E-state index contributed by atoms with van der Waals surface area (Å²) in [6, 6.07) is 20.1. The quantitative estimate of drug-likeness (QED) is 0.309. The molecule has 158 valence electrons. The number of aromatic nitrogens is 1. The maximum absolute atomic E-state index is 13.4. The Morgan fingerprint density at radius 2 is 1.78 bits per heavy atom. The average Bonchev–Trinajstić information content (AvgIpc) is 3.28. The zero-order valence-electron chi connectivity index (χ0n) is 17.2. The van der Waals surface area contributed by atoms with Gasteiger partial charge in [-0.2, -0.15) is 0 Å². The van der Waals surface area contributed by atoms with Crippen LogP contribution in [0.5, 0.6) is 11.5 Å². The lowest BCUT2D eigenvalue weighted by molar-refractivity contribution is 0.104. The summed E-state index contributed by atoms with van der Waals surface area (Å²) in [5, 5.41) is 1.27. The van der Waals surface area contributed by atoms with Crippen LogP contribution in [0, 0.1) is 0 Å². The smallest absolute Gasteiger partial charge is 0.262 e. The summed E-state index contributed by atoms with van der Waals surface area (Å²) in [4.78, 5) is 26.7. The summed E-state index contributed by atoms with van der Waals surface area (Å²) in [6.45, 7) is 0.178. The van der Waals surface area contributed by atoms with Crippen molar-refractivity contribution in [3.8, 4) is 22.6 Å². The van der Waals surface area contributed by atoms with Crippen molar-refractivity contribution in [2.24, 2.45) is 7.05 Å². The van der Waals surface area contributed by atoms with Crippen molar-refractivity contribution in [1.82, 2.24) is 4.57 Å². The maximum atomic E-state index is 13.4. The number of halogens is 1. The predicted octanol–water partition coefficient (Wildman–Crippen LogP) is 5.48. The van der Waals surface area contributed by atoms with E-state index >= 15 is 0 Å². The maximum Gasteiger partial charge on any atom is 0.262 e. The SMILES string of the molecule is Cn1c(=O)c(C(=O)/C=C/c2ccc3c(c2)OCO3)c(-c2ccccc2)c2cc(Cl)ccc21. The Morgan fingerprint density at radius 1 is 1.00 bits per heavy atom. The van der Waals surface area contributed by atoms with Gasteiger partial charge in [0.15, 0.2) is 17.3 Å². The standard InChI is InChI=1S/C26H18ClNO4/c1-28-20-10-9-18(27)14-19(20)24(17-5-3-2-4-6-17)25(26(28)30)21(29)11-7-16-8-12-22-23(13-16)32-15-31-22/h2-14H,15H2,1H3/b11-7+. The topological polar surface area (TPSA) is 57.5 Å². The van der Waals surface area contributed by atoms with E-state index in [1.165, 1.54) is 10.6 Å². The minimum Gasteiger partial charge on any atom is -0.454 e. The van der Waals surface area contributed by atoms with Gasteiger partial charge in [-0.3, -0.25) is 9.59 Å². The highest BCUT2D eigenvalue weighted by molar-refractivity contribution is 6.31. The second kappa shape index (κ2) is 8.02. The van der Waals surface area contributed by atoms with Gasteiger partial charge in [-0.25, -0.2) is 0 Å². The first-order valence-electron chi connectivity index (χ1n) is 10.0. The second-order valence-corrected chi connectivity index (χ2v) is 7.89. The molecule has 0 amide bonds. The molecule has 0 bridgehead atoms. The van der Waals surface area contributed by atoms with Crippen LogP contribution in [0.2, 0.25) is 5.02 Å². The lowest BCUT2D eigenvalue weighted by atomic mass is 9.93. The highest BCUT2D eigenvalue weighted by atomic mass is 35.5. The number of aryl methyl sites for hydroxylation is 1. The summed E-state index contributed by atoms with van der Waals surface area (Å²) in [5.41, 5.74) is 2.56. The molecule has 0 spiro atoms. The minimum absolute atomic E-state index is 0.102. The molecule has 4 aromatic rings. The fourth-order valence-corrected chi connectivity index (χ4v) is 4.10. The lowest BCUT2D eigenvalue weighted by Crippen LogP contribution is -2.25. The molecule has 1 aliphatic heterocycles. The number of carbonyl (C=O) groups excluding carboxylic acids is 1. The summed E-state index contributed by atoms with van der Waals surface area (Å²) < 4.78 is 12.2. The molecule has 0 saturated heterocycles. The molecular formula is C26H18ClNO4. The number of ether oxygens (including phenoxy) is 2. The van der Waals surface area contributed by atoms with E-state index in [-0.39, 0.29) is 23.7 Å². The van der Waals surface area contributed by atoms with Gasteiger partial charge in [0.1, 0.15) is 0 Å². The molecule has 0 unspecified atom stereocenters. The molecule has 0 radical (unpaired) electrons. The van der Waals surface area contributed by atoms with Gasteiger partial charge in [0.25, 0.3) is 5.56 Å².